The molecule has 10 heteroatoms. The van der Waals surface area contributed by atoms with Crippen LogP contribution in [0.2, 0.25) is 0 Å². The number of rotatable bonds is 17. The van der Waals surface area contributed by atoms with Gasteiger partial charge in [0.2, 0.25) is 12.3 Å². The molecule has 256 valence electrons. The van der Waals surface area contributed by atoms with Crippen LogP contribution >= 0.6 is 0 Å². The third-order valence-electron chi connectivity index (χ3n) is 7.71. The van der Waals surface area contributed by atoms with E-state index in [1.54, 1.807) is 42.1 Å². The van der Waals surface area contributed by atoms with Crippen molar-refractivity contribution in [2.75, 3.05) is 83.6 Å². The standard InChI is InChI=1S/C23H30N4O4.C14H24N2/c1-17-8-5-6-9-19(17)24-23(30)25-20-11-10-18(14-21(20)31-4)15-22(29)27(3)13-7-12-26(2)16-28;1-4-11-15(2)12-8-13-16(3)14-9-6-5-7-10-14/h5-6,8-11,14,16H,7,12-13,15H2,1-4H3,(H2,24,25,30);5-7,9-10H,4,8,11-13H2,1-3H3. The number of hydrogen-bond donors (Lipinski definition) is 2. The predicted octanol–water partition coefficient (Wildman–Crippen LogP) is 5.98. The lowest BCUT2D eigenvalue weighted by molar-refractivity contribution is -0.129. The second-order valence-corrected chi connectivity index (χ2v) is 11.8. The van der Waals surface area contributed by atoms with Crippen molar-refractivity contribution in [3.8, 4) is 5.75 Å². The van der Waals surface area contributed by atoms with E-state index in [2.05, 4.69) is 71.8 Å². The topological polar surface area (TPSA) is 97.5 Å². The molecular formula is C37H54N6O4. The highest BCUT2D eigenvalue weighted by molar-refractivity contribution is 6.01. The predicted molar refractivity (Wildman–Crippen MR) is 194 cm³/mol. The molecule has 0 bridgehead atoms. The van der Waals surface area contributed by atoms with Crippen molar-refractivity contribution >= 4 is 35.4 Å². The molecule has 2 N–H and O–H groups in total. The Hall–Kier alpha value is -4.57. The molecule has 0 spiro atoms. The number of likely N-dealkylation sites (N-methyl/N-ethyl adjacent to an activating group) is 1. The molecule has 3 aromatic rings. The molecule has 0 aliphatic rings. The van der Waals surface area contributed by atoms with Crippen molar-refractivity contribution in [2.45, 2.75) is 39.5 Å². The molecule has 0 aromatic heterocycles. The first kappa shape index (κ1) is 38.6. The number of para-hydroxylation sites is 2. The SMILES string of the molecule is CCCN(C)CCCN(C)c1ccccc1.COc1cc(CC(=O)N(C)CCCN(C)C=O)ccc1NC(=O)Nc1ccccc1C. The zero-order chi connectivity index (χ0) is 34.6. The number of carbonyl (C=O) groups excluding carboxylic acids is 3. The van der Waals surface area contributed by atoms with Gasteiger partial charge in [-0.2, -0.15) is 0 Å². The molecule has 0 radical (unpaired) electrons. The van der Waals surface area contributed by atoms with E-state index in [0.29, 0.717) is 30.9 Å². The van der Waals surface area contributed by atoms with Crippen LogP contribution in [0.4, 0.5) is 21.9 Å². The first-order valence-electron chi connectivity index (χ1n) is 16.2. The largest absolute Gasteiger partial charge is 0.495 e. The van der Waals surface area contributed by atoms with Gasteiger partial charge in [0, 0.05) is 52.2 Å². The number of aryl methyl sites for hydroxylation is 1. The molecule has 10 nitrogen and oxygen atoms in total. The number of nitrogens with one attached hydrogen (secondary N) is 2. The summed E-state index contributed by atoms with van der Waals surface area (Å²) >= 11 is 0. The second-order valence-electron chi connectivity index (χ2n) is 11.8. The van der Waals surface area contributed by atoms with Crippen LogP contribution in [0, 0.1) is 6.92 Å². The summed E-state index contributed by atoms with van der Waals surface area (Å²) in [6.45, 7) is 8.82. The summed E-state index contributed by atoms with van der Waals surface area (Å²) in [6.07, 6.45) is 4.16. The highest BCUT2D eigenvalue weighted by atomic mass is 16.5. The van der Waals surface area contributed by atoms with Gasteiger partial charge < -0.3 is 35.0 Å². The summed E-state index contributed by atoms with van der Waals surface area (Å²) in [5, 5.41) is 5.59. The highest BCUT2D eigenvalue weighted by Crippen LogP contribution is 2.26. The number of carbonyl (C=O) groups is 3. The van der Waals surface area contributed by atoms with Gasteiger partial charge >= 0.3 is 6.03 Å². The summed E-state index contributed by atoms with van der Waals surface area (Å²) in [5.74, 6) is 0.439. The van der Waals surface area contributed by atoms with E-state index in [0.717, 1.165) is 29.8 Å². The first-order chi connectivity index (χ1) is 22.6. The van der Waals surface area contributed by atoms with Crippen molar-refractivity contribution < 1.29 is 19.1 Å². The second kappa shape index (κ2) is 21.3. The molecule has 3 aromatic carbocycles. The van der Waals surface area contributed by atoms with Crippen LogP contribution in [-0.4, -0.2) is 101 Å². The van der Waals surface area contributed by atoms with Crippen molar-refractivity contribution in [3.05, 3.63) is 83.9 Å². The van der Waals surface area contributed by atoms with Gasteiger partial charge in [-0.05, 0) is 87.8 Å². The number of benzene rings is 3. The van der Waals surface area contributed by atoms with Crippen LogP contribution in [0.3, 0.4) is 0 Å². The van der Waals surface area contributed by atoms with E-state index < -0.39 is 0 Å². The Labute approximate surface area is 281 Å². The third-order valence-corrected chi connectivity index (χ3v) is 7.71. The van der Waals surface area contributed by atoms with E-state index in [-0.39, 0.29) is 18.4 Å². The summed E-state index contributed by atoms with van der Waals surface area (Å²) in [7, 11) is 9.33. The molecule has 0 aliphatic heterocycles. The Bertz CT molecular complexity index is 1370. The fraction of sp³-hybridized carbons (Fsp3) is 0.432. The number of methoxy groups -OCH3 is 1. The van der Waals surface area contributed by atoms with Crippen LogP contribution in [0.1, 0.15) is 37.3 Å². The molecule has 0 saturated heterocycles. The number of ether oxygens (including phenoxy) is 1. The third kappa shape index (κ3) is 14.6. The number of hydrogen-bond acceptors (Lipinski definition) is 6. The summed E-state index contributed by atoms with van der Waals surface area (Å²) in [4.78, 5) is 43.4. The van der Waals surface area contributed by atoms with E-state index in [1.807, 2.05) is 31.2 Å². The van der Waals surface area contributed by atoms with Gasteiger partial charge in [-0.1, -0.05) is 49.4 Å². The van der Waals surface area contributed by atoms with Gasteiger partial charge in [0.25, 0.3) is 0 Å². The Morgan fingerprint density at radius 2 is 1.45 bits per heavy atom. The quantitative estimate of drug-likeness (QED) is 0.175. The number of amides is 4. The van der Waals surface area contributed by atoms with Gasteiger partial charge in [0.1, 0.15) is 5.75 Å². The summed E-state index contributed by atoms with van der Waals surface area (Å²) < 4.78 is 5.40. The van der Waals surface area contributed by atoms with E-state index in [4.69, 9.17) is 4.74 Å². The lowest BCUT2D eigenvalue weighted by Gasteiger charge is -2.21. The maximum atomic E-state index is 12.5. The van der Waals surface area contributed by atoms with Crippen molar-refractivity contribution in [3.63, 3.8) is 0 Å². The van der Waals surface area contributed by atoms with Crippen LogP contribution in [0.5, 0.6) is 5.75 Å². The normalized spacial score (nSPS) is 10.4. The van der Waals surface area contributed by atoms with Crippen LogP contribution < -0.4 is 20.3 Å². The number of nitrogens with zero attached hydrogens (tertiary/aromatic N) is 4. The fourth-order valence-electron chi connectivity index (χ4n) is 4.87. The molecule has 47 heavy (non-hydrogen) atoms. The maximum absolute atomic E-state index is 12.5. The van der Waals surface area contributed by atoms with Crippen molar-refractivity contribution in [1.82, 2.24) is 14.7 Å². The summed E-state index contributed by atoms with van der Waals surface area (Å²) in [5.41, 5.74) is 4.28. The molecule has 0 unspecified atom stereocenters. The van der Waals surface area contributed by atoms with Crippen LogP contribution in [-0.2, 0) is 16.0 Å². The van der Waals surface area contributed by atoms with Gasteiger partial charge in [0.05, 0.1) is 19.2 Å². The van der Waals surface area contributed by atoms with Gasteiger partial charge in [-0.25, -0.2) is 4.79 Å². The zero-order valence-electron chi connectivity index (χ0n) is 29.3. The smallest absolute Gasteiger partial charge is 0.323 e. The lowest BCUT2D eigenvalue weighted by Crippen LogP contribution is -2.31. The van der Waals surface area contributed by atoms with Gasteiger partial charge in [0.15, 0.2) is 0 Å². The van der Waals surface area contributed by atoms with E-state index in [9.17, 15) is 14.4 Å². The average Bonchev–Trinajstić information content (AvgIpc) is 3.07. The van der Waals surface area contributed by atoms with Crippen LogP contribution in [0.25, 0.3) is 0 Å². The van der Waals surface area contributed by atoms with Crippen LogP contribution in [0.15, 0.2) is 72.8 Å². The minimum absolute atomic E-state index is 0.0335. The molecule has 0 saturated carbocycles. The molecule has 0 fully saturated rings. The minimum Gasteiger partial charge on any atom is -0.495 e. The zero-order valence-corrected chi connectivity index (χ0v) is 29.3. The van der Waals surface area contributed by atoms with E-state index in [1.165, 1.54) is 38.7 Å². The Kier molecular flexibility index (Phi) is 17.5. The molecule has 0 heterocycles. The van der Waals surface area contributed by atoms with E-state index >= 15 is 0 Å². The Morgan fingerprint density at radius 3 is 2.11 bits per heavy atom. The number of anilines is 3. The Morgan fingerprint density at radius 1 is 0.787 bits per heavy atom. The first-order valence-corrected chi connectivity index (χ1v) is 16.2. The molecule has 0 atom stereocenters. The minimum atomic E-state index is -0.378. The number of urea groups is 1. The average molecular weight is 647 g/mol. The molecular weight excluding hydrogens is 592 g/mol. The van der Waals surface area contributed by atoms with Crippen molar-refractivity contribution in [2.24, 2.45) is 0 Å². The highest BCUT2D eigenvalue weighted by Gasteiger charge is 2.14. The fourth-order valence-corrected chi connectivity index (χ4v) is 4.87. The van der Waals surface area contributed by atoms with Gasteiger partial charge in [-0.3, -0.25) is 9.59 Å². The van der Waals surface area contributed by atoms with Crippen molar-refractivity contribution in [1.29, 1.82) is 0 Å². The Balaban J connectivity index is 0.000000403. The maximum Gasteiger partial charge on any atom is 0.323 e. The summed E-state index contributed by atoms with van der Waals surface area (Å²) in [6, 6.07) is 23.0. The molecule has 0 aliphatic carbocycles. The van der Waals surface area contributed by atoms with Gasteiger partial charge in [-0.15, -0.1) is 0 Å². The molecule has 3 rings (SSSR count). The molecule has 4 amide bonds. The monoisotopic (exact) mass is 646 g/mol. The lowest BCUT2D eigenvalue weighted by atomic mass is 10.1.